The van der Waals surface area contributed by atoms with Crippen LogP contribution in [0.4, 0.5) is 0 Å². The largest absolute Gasteiger partial charge is 0.381 e. The molecule has 1 aliphatic rings. The van der Waals surface area contributed by atoms with E-state index in [9.17, 15) is 0 Å². The van der Waals surface area contributed by atoms with E-state index in [4.69, 9.17) is 32.7 Å². The molecule has 1 aromatic rings. The number of aliphatic imine (C=N–C) groups is 1. The van der Waals surface area contributed by atoms with Crippen molar-refractivity contribution >= 4 is 29.2 Å². The van der Waals surface area contributed by atoms with Crippen molar-refractivity contribution in [3.05, 3.63) is 33.8 Å². The van der Waals surface area contributed by atoms with Gasteiger partial charge >= 0.3 is 0 Å². The minimum atomic E-state index is 0.0241. The van der Waals surface area contributed by atoms with Gasteiger partial charge < -0.3 is 20.1 Å². The Balaban J connectivity index is 1.79. The van der Waals surface area contributed by atoms with Crippen LogP contribution in [0.25, 0.3) is 0 Å². The molecule has 2 N–H and O–H groups in total. The number of ether oxygens (including phenoxy) is 2. The highest BCUT2D eigenvalue weighted by Gasteiger charge is 2.14. The number of rotatable bonds is 8. The molecular weight excluding hydrogens is 373 g/mol. The van der Waals surface area contributed by atoms with Crippen molar-refractivity contribution < 1.29 is 9.47 Å². The number of hydrogen-bond acceptors (Lipinski definition) is 3. The zero-order valence-corrected chi connectivity index (χ0v) is 17.1. The van der Waals surface area contributed by atoms with E-state index in [0.717, 1.165) is 57.2 Å². The molecule has 1 unspecified atom stereocenters. The van der Waals surface area contributed by atoms with Gasteiger partial charge in [-0.25, -0.2) is 0 Å². The lowest BCUT2D eigenvalue weighted by Crippen LogP contribution is -2.39. The van der Waals surface area contributed by atoms with E-state index in [1.165, 1.54) is 0 Å². The molecule has 0 saturated carbocycles. The van der Waals surface area contributed by atoms with Crippen LogP contribution in [0.1, 0.15) is 44.7 Å². The van der Waals surface area contributed by atoms with Crippen molar-refractivity contribution in [2.24, 2.45) is 4.99 Å². The molecule has 0 aromatic heterocycles. The van der Waals surface area contributed by atoms with Crippen molar-refractivity contribution in [1.29, 1.82) is 0 Å². The molecule has 1 saturated heterocycles. The van der Waals surface area contributed by atoms with Gasteiger partial charge in [-0.05, 0) is 50.8 Å². The van der Waals surface area contributed by atoms with Gasteiger partial charge in [0, 0.05) is 43.0 Å². The summed E-state index contributed by atoms with van der Waals surface area (Å²) >= 11 is 12.3. The van der Waals surface area contributed by atoms with Crippen molar-refractivity contribution in [2.75, 3.05) is 32.9 Å². The Kier molecular flexibility index (Phi) is 9.54. The summed E-state index contributed by atoms with van der Waals surface area (Å²) in [6, 6.07) is 5.57. The molecule has 1 aromatic carbocycles. The fourth-order valence-corrected chi connectivity index (χ4v) is 3.38. The second-order valence-corrected chi connectivity index (χ2v) is 7.17. The first-order valence-corrected chi connectivity index (χ1v) is 10.0. The van der Waals surface area contributed by atoms with Crippen LogP contribution in [0.15, 0.2) is 23.2 Å². The zero-order chi connectivity index (χ0) is 18.8. The van der Waals surface area contributed by atoms with Gasteiger partial charge in [0.05, 0.1) is 12.1 Å². The number of guanidine groups is 1. The van der Waals surface area contributed by atoms with Crippen molar-refractivity contribution in [2.45, 2.75) is 45.3 Å². The standard InChI is InChI=1S/C19H29Cl2N3O2/c1-3-22-19(23-9-4-10-26-16-7-11-25-12-8-16)24-14(2)17-6-5-15(20)13-18(17)21/h5-6,13-14,16H,3-4,7-12H2,1-2H3,(H2,22,23,24). The van der Waals surface area contributed by atoms with Crippen molar-refractivity contribution in [3.63, 3.8) is 0 Å². The van der Waals surface area contributed by atoms with Gasteiger partial charge in [-0.2, -0.15) is 0 Å². The van der Waals surface area contributed by atoms with Crippen LogP contribution in [0.3, 0.4) is 0 Å². The number of hydrogen-bond donors (Lipinski definition) is 2. The topological polar surface area (TPSA) is 54.9 Å². The molecule has 0 bridgehead atoms. The molecule has 7 heteroatoms. The molecule has 0 spiro atoms. The maximum absolute atomic E-state index is 6.29. The number of benzene rings is 1. The fraction of sp³-hybridized carbons (Fsp3) is 0.632. The molecule has 0 amide bonds. The molecular formula is C19H29Cl2N3O2. The Hall–Kier alpha value is -1.01. The fourth-order valence-electron chi connectivity index (χ4n) is 2.80. The summed E-state index contributed by atoms with van der Waals surface area (Å²) in [7, 11) is 0. The summed E-state index contributed by atoms with van der Waals surface area (Å²) in [5.74, 6) is 0.775. The predicted octanol–water partition coefficient (Wildman–Crippen LogP) is 4.20. The van der Waals surface area contributed by atoms with E-state index in [1.54, 1.807) is 6.07 Å². The lowest BCUT2D eigenvalue weighted by molar-refractivity contribution is -0.0318. The summed E-state index contributed by atoms with van der Waals surface area (Å²) in [6.07, 6.45) is 3.22. The summed E-state index contributed by atoms with van der Waals surface area (Å²) in [6.45, 7) is 7.95. The molecule has 26 heavy (non-hydrogen) atoms. The van der Waals surface area contributed by atoms with Crippen LogP contribution in [-0.4, -0.2) is 45.0 Å². The first-order chi connectivity index (χ1) is 12.6. The molecule has 2 rings (SSSR count). The molecule has 5 nitrogen and oxygen atoms in total. The van der Waals surface area contributed by atoms with Gasteiger partial charge in [0.15, 0.2) is 5.96 Å². The van der Waals surface area contributed by atoms with Crippen LogP contribution >= 0.6 is 23.2 Å². The van der Waals surface area contributed by atoms with Gasteiger partial charge in [-0.15, -0.1) is 0 Å². The Bertz CT molecular complexity index is 578. The quantitative estimate of drug-likeness (QED) is 0.389. The minimum Gasteiger partial charge on any atom is -0.381 e. The molecule has 1 heterocycles. The highest BCUT2D eigenvalue weighted by atomic mass is 35.5. The van der Waals surface area contributed by atoms with Gasteiger partial charge in [0.2, 0.25) is 0 Å². The monoisotopic (exact) mass is 401 g/mol. The van der Waals surface area contributed by atoms with Crippen molar-refractivity contribution in [3.8, 4) is 0 Å². The average Bonchev–Trinajstić information content (AvgIpc) is 2.62. The lowest BCUT2D eigenvalue weighted by Gasteiger charge is -2.22. The third-order valence-corrected chi connectivity index (χ3v) is 4.78. The summed E-state index contributed by atoms with van der Waals surface area (Å²) in [5, 5.41) is 7.94. The Morgan fingerprint density at radius 2 is 2.12 bits per heavy atom. The zero-order valence-electron chi connectivity index (χ0n) is 15.6. The lowest BCUT2D eigenvalue weighted by atomic mass is 10.1. The first-order valence-electron chi connectivity index (χ1n) is 9.29. The van der Waals surface area contributed by atoms with Crippen LogP contribution in [0.2, 0.25) is 10.0 Å². The van der Waals surface area contributed by atoms with Gasteiger partial charge in [0.25, 0.3) is 0 Å². The van der Waals surface area contributed by atoms with Crippen LogP contribution < -0.4 is 10.6 Å². The van der Waals surface area contributed by atoms with E-state index in [2.05, 4.69) is 22.5 Å². The normalized spacial score (nSPS) is 17.2. The third kappa shape index (κ3) is 7.31. The molecule has 146 valence electrons. The Morgan fingerprint density at radius 3 is 2.81 bits per heavy atom. The number of halogens is 2. The number of nitrogens with zero attached hydrogens (tertiary/aromatic N) is 1. The SMILES string of the molecule is CCNC(=NCCCOC1CCOCC1)NC(C)c1ccc(Cl)cc1Cl. The third-order valence-electron chi connectivity index (χ3n) is 4.22. The van der Waals surface area contributed by atoms with Crippen molar-refractivity contribution in [1.82, 2.24) is 10.6 Å². The Morgan fingerprint density at radius 1 is 1.35 bits per heavy atom. The summed E-state index contributed by atoms with van der Waals surface area (Å²) in [5.41, 5.74) is 0.990. The second kappa shape index (κ2) is 11.7. The highest BCUT2D eigenvalue weighted by molar-refractivity contribution is 6.35. The van der Waals surface area contributed by atoms with E-state index in [1.807, 2.05) is 19.1 Å². The van der Waals surface area contributed by atoms with E-state index >= 15 is 0 Å². The molecule has 1 fully saturated rings. The predicted molar refractivity (Wildman–Crippen MR) is 108 cm³/mol. The van der Waals surface area contributed by atoms with E-state index < -0.39 is 0 Å². The molecule has 0 aliphatic carbocycles. The van der Waals surface area contributed by atoms with E-state index in [0.29, 0.717) is 22.7 Å². The molecule has 0 radical (unpaired) electrons. The maximum atomic E-state index is 6.29. The average molecular weight is 402 g/mol. The smallest absolute Gasteiger partial charge is 0.191 e. The maximum Gasteiger partial charge on any atom is 0.191 e. The summed E-state index contributed by atoms with van der Waals surface area (Å²) in [4.78, 5) is 4.63. The van der Waals surface area contributed by atoms with E-state index in [-0.39, 0.29) is 6.04 Å². The summed E-state index contributed by atoms with van der Waals surface area (Å²) < 4.78 is 11.2. The minimum absolute atomic E-state index is 0.0241. The van der Waals surface area contributed by atoms with Crippen LogP contribution in [0.5, 0.6) is 0 Å². The molecule has 1 atom stereocenters. The second-order valence-electron chi connectivity index (χ2n) is 6.33. The number of nitrogens with one attached hydrogen (secondary N) is 2. The first kappa shape index (κ1) is 21.3. The van der Waals surface area contributed by atoms with Gasteiger partial charge in [0.1, 0.15) is 0 Å². The Labute approximate surface area is 166 Å². The molecule has 1 aliphatic heterocycles. The van der Waals surface area contributed by atoms with Gasteiger partial charge in [-0.3, -0.25) is 4.99 Å². The van der Waals surface area contributed by atoms with Crippen LogP contribution in [0, 0.1) is 0 Å². The van der Waals surface area contributed by atoms with Crippen LogP contribution in [-0.2, 0) is 9.47 Å². The van der Waals surface area contributed by atoms with Gasteiger partial charge in [-0.1, -0.05) is 29.3 Å². The highest BCUT2D eigenvalue weighted by Crippen LogP contribution is 2.25.